The average Bonchev–Trinajstić information content (AvgIpc) is 3.64. The van der Waals surface area contributed by atoms with Crippen LogP contribution in [0, 0.1) is 0 Å². The molecule has 0 atom stereocenters. The van der Waals surface area contributed by atoms with Gasteiger partial charge in [-0.2, -0.15) is 0 Å². The molecular weight excluding hydrogens is 651 g/mol. The molecule has 2 aromatic carbocycles. The molecule has 0 radical (unpaired) electrons. The summed E-state index contributed by atoms with van der Waals surface area (Å²) in [6, 6.07) is 18.0. The fourth-order valence-electron chi connectivity index (χ4n) is 7.59. The molecule has 4 aromatic rings. The van der Waals surface area contributed by atoms with Crippen molar-refractivity contribution in [2.45, 2.75) is 129 Å². The minimum Gasteiger partial charge on any atom is -0.494 e. The summed E-state index contributed by atoms with van der Waals surface area (Å²) in [5.41, 5.74) is 1.76. The predicted octanol–water partition coefficient (Wildman–Crippen LogP) is 11.5. The number of nitrogens with zero attached hydrogens (tertiary/aromatic N) is 3. The summed E-state index contributed by atoms with van der Waals surface area (Å²) in [5, 5.41) is 4.45. The minimum atomic E-state index is -0.256. The van der Waals surface area contributed by atoms with E-state index in [1.54, 1.807) is 6.07 Å². The van der Waals surface area contributed by atoms with Gasteiger partial charge in [-0.05, 0) is 73.0 Å². The molecule has 0 unspecified atom stereocenters. The molecule has 2 aromatic heterocycles. The zero-order chi connectivity index (χ0) is 35.5. The lowest BCUT2D eigenvalue weighted by molar-refractivity contribution is 0.0900. The smallest absolute Gasteiger partial charge is 0.257 e. The van der Waals surface area contributed by atoms with E-state index in [0.717, 1.165) is 70.2 Å². The van der Waals surface area contributed by atoms with E-state index >= 15 is 0 Å². The molecule has 1 aliphatic rings. The second-order valence-corrected chi connectivity index (χ2v) is 15.6. The lowest BCUT2D eigenvalue weighted by Gasteiger charge is -2.36. The number of unbranched alkanes of at least 4 members (excludes halogenated alkanes) is 16. The summed E-state index contributed by atoms with van der Waals surface area (Å²) in [6.45, 7) is 8.25. The Labute approximate surface area is 311 Å². The number of piperazine rings is 1. The largest absolute Gasteiger partial charge is 0.494 e. The normalized spacial score (nSPS) is 13.8. The Hall–Kier alpha value is -3.16. The van der Waals surface area contributed by atoms with E-state index in [4.69, 9.17) is 4.74 Å². The van der Waals surface area contributed by atoms with Crippen LogP contribution in [0.15, 0.2) is 64.8 Å². The fraction of sp³-hybridized carbons (Fsp3) is 0.591. The van der Waals surface area contributed by atoms with Gasteiger partial charge in [-0.3, -0.25) is 14.5 Å². The highest BCUT2D eigenvalue weighted by Crippen LogP contribution is 2.31. The maximum atomic E-state index is 13.2. The van der Waals surface area contributed by atoms with Crippen molar-refractivity contribution in [1.29, 1.82) is 0 Å². The number of fused-ring (bicyclic) bond motifs is 2. The number of thiophene rings is 1. The molecular formula is C44H63N3O3S. The fourth-order valence-corrected chi connectivity index (χ4v) is 8.40. The first kappa shape index (κ1) is 39.1. The van der Waals surface area contributed by atoms with Crippen molar-refractivity contribution in [2.75, 3.05) is 44.2 Å². The topological polar surface area (TPSA) is 54.8 Å². The number of ether oxygens (including phenoxy) is 1. The van der Waals surface area contributed by atoms with Gasteiger partial charge >= 0.3 is 0 Å². The average molecular weight is 714 g/mol. The van der Waals surface area contributed by atoms with Gasteiger partial charge in [-0.1, -0.05) is 109 Å². The predicted molar refractivity (Wildman–Crippen MR) is 218 cm³/mol. The monoisotopic (exact) mass is 713 g/mol. The van der Waals surface area contributed by atoms with Gasteiger partial charge in [-0.25, -0.2) is 4.57 Å². The first-order valence-electron chi connectivity index (χ1n) is 20.4. The van der Waals surface area contributed by atoms with Gasteiger partial charge in [0.05, 0.1) is 12.1 Å². The van der Waals surface area contributed by atoms with Crippen molar-refractivity contribution >= 4 is 43.9 Å². The zero-order valence-corrected chi connectivity index (χ0v) is 32.2. The molecule has 5 rings (SSSR count). The summed E-state index contributed by atoms with van der Waals surface area (Å²) >= 11 is 1.81. The second-order valence-electron chi connectivity index (χ2n) is 14.7. The Morgan fingerprint density at radius 3 is 2.04 bits per heavy atom. The first-order chi connectivity index (χ1) is 25.1. The Morgan fingerprint density at radius 1 is 0.706 bits per heavy atom. The summed E-state index contributed by atoms with van der Waals surface area (Å²) in [5.74, 6) is 0.605. The quantitative estimate of drug-likeness (QED) is 0.0677. The standard InChI is InChI=1S/C44H63N3O3S/c1-2-3-4-5-6-7-8-9-10-11-12-13-14-15-16-17-23-43(48)47-41-36-38(26-24-37(41)25-27-44(47)49)50-34-19-18-29-45-30-32-46(33-31-45)40-21-20-22-42-39(40)28-35-51-42/h20-22,24-28,35-36H,2-19,23,29-34H2,1H3. The molecule has 1 fully saturated rings. The molecule has 51 heavy (non-hydrogen) atoms. The van der Waals surface area contributed by atoms with Gasteiger partial charge in [0, 0.05) is 60.5 Å². The zero-order valence-electron chi connectivity index (χ0n) is 31.4. The molecule has 0 spiro atoms. The van der Waals surface area contributed by atoms with Gasteiger partial charge in [0.1, 0.15) is 5.75 Å². The van der Waals surface area contributed by atoms with Crippen LogP contribution in [-0.2, 0) is 0 Å². The molecule has 278 valence electrons. The number of rotatable bonds is 24. The van der Waals surface area contributed by atoms with Crippen molar-refractivity contribution in [3.8, 4) is 5.75 Å². The van der Waals surface area contributed by atoms with Crippen molar-refractivity contribution in [3.63, 3.8) is 0 Å². The highest BCUT2D eigenvalue weighted by molar-refractivity contribution is 7.17. The van der Waals surface area contributed by atoms with Crippen molar-refractivity contribution in [1.82, 2.24) is 9.47 Å². The van der Waals surface area contributed by atoms with Crippen LogP contribution in [0.2, 0.25) is 0 Å². The molecule has 0 aliphatic carbocycles. The van der Waals surface area contributed by atoms with Gasteiger partial charge in [0.25, 0.3) is 5.56 Å². The van der Waals surface area contributed by atoms with E-state index in [9.17, 15) is 9.59 Å². The number of carbonyl (C=O) groups is 1. The third-order valence-electron chi connectivity index (χ3n) is 10.7. The van der Waals surface area contributed by atoms with E-state index in [-0.39, 0.29) is 11.5 Å². The summed E-state index contributed by atoms with van der Waals surface area (Å²) < 4.78 is 8.86. The van der Waals surface area contributed by atoms with Crippen molar-refractivity contribution < 1.29 is 9.53 Å². The van der Waals surface area contributed by atoms with E-state index < -0.39 is 0 Å². The SMILES string of the molecule is CCCCCCCCCCCCCCCCCCC(=O)n1c(=O)ccc2ccc(OCCCCN3CCN(c4cccc5sccc45)CC3)cc21. The van der Waals surface area contributed by atoms with Gasteiger partial charge in [0.15, 0.2) is 0 Å². The Balaban J connectivity index is 0.941. The number of hydrogen-bond acceptors (Lipinski definition) is 6. The van der Waals surface area contributed by atoms with Gasteiger partial charge in [0.2, 0.25) is 5.91 Å². The van der Waals surface area contributed by atoms with E-state index in [0.29, 0.717) is 24.3 Å². The van der Waals surface area contributed by atoms with Crippen LogP contribution in [0.4, 0.5) is 5.69 Å². The number of pyridine rings is 1. The van der Waals surface area contributed by atoms with Crippen LogP contribution in [0.25, 0.3) is 21.0 Å². The number of carbonyl (C=O) groups excluding carboxylic acids is 1. The molecule has 1 saturated heterocycles. The molecule has 0 saturated carbocycles. The van der Waals surface area contributed by atoms with E-state index in [1.165, 1.54) is 110 Å². The van der Waals surface area contributed by atoms with E-state index in [2.05, 4.69) is 46.4 Å². The Morgan fingerprint density at radius 2 is 1.35 bits per heavy atom. The van der Waals surface area contributed by atoms with E-state index in [1.807, 2.05) is 29.5 Å². The lowest BCUT2D eigenvalue weighted by atomic mass is 10.0. The van der Waals surface area contributed by atoms with Crippen LogP contribution in [0.5, 0.6) is 5.75 Å². The number of anilines is 1. The van der Waals surface area contributed by atoms with Crippen LogP contribution < -0.4 is 15.2 Å². The lowest BCUT2D eigenvalue weighted by Crippen LogP contribution is -2.46. The van der Waals surface area contributed by atoms with Crippen molar-refractivity contribution in [3.05, 3.63) is 70.3 Å². The molecule has 3 heterocycles. The minimum absolute atomic E-state index is 0.111. The maximum absolute atomic E-state index is 13.2. The summed E-state index contributed by atoms with van der Waals surface area (Å²) in [4.78, 5) is 31.2. The number of hydrogen-bond donors (Lipinski definition) is 0. The number of benzene rings is 2. The molecule has 6 nitrogen and oxygen atoms in total. The maximum Gasteiger partial charge on any atom is 0.257 e. The summed E-state index contributed by atoms with van der Waals surface area (Å²) in [6.07, 6.45) is 23.3. The molecule has 1 aliphatic heterocycles. The highest BCUT2D eigenvalue weighted by atomic mass is 32.1. The van der Waals surface area contributed by atoms with Crippen LogP contribution in [-0.4, -0.2) is 54.7 Å². The van der Waals surface area contributed by atoms with Gasteiger partial charge in [-0.15, -0.1) is 11.3 Å². The van der Waals surface area contributed by atoms with Crippen LogP contribution in [0.1, 0.15) is 134 Å². The third-order valence-corrected chi connectivity index (χ3v) is 11.6. The third kappa shape index (κ3) is 12.5. The van der Waals surface area contributed by atoms with Crippen molar-refractivity contribution in [2.24, 2.45) is 0 Å². The van der Waals surface area contributed by atoms with Gasteiger partial charge < -0.3 is 9.64 Å². The molecule has 0 N–H and O–H groups in total. The number of aromatic nitrogens is 1. The molecule has 0 bridgehead atoms. The highest BCUT2D eigenvalue weighted by Gasteiger charge is 2.19. The summed E-state index contributed by atoms with van der Waals surface area (Å²) in [7, 11) is 0. The first-order valence-corrected chi connectivity index (χ1v) is 21.3. The molecule has 7 heteroatoms. The second kappa shape index (κ2) is 22.0. The van der Waals surface area contributed by atoms with Crippen LogP contribution >= 0.6 is 11.3 Å². The molecule has 0 amide bonds. The van der Waals surface area contributed by atoms with Crippen LogP contribution in [0.3, 0.4) is 0 Å². The Bertz CT molecular complexity index is 1650. The Kier molecular flexibility index (Phi) is 16.9.